The Morgan fingerprint density at radius 3 is 2.00 bits per heavy atom. The molecular weight excluding hydrogens is 672 g/mol. The smallest absolute Gasteiger partial charge is 0.408 e. The fourth-order valence-electron chi connectivity index (χ4n) is 7.72. The molecule has 4 amide bonds. The lowest BCUT2D eigenvalue weighted by Crippen LogP contribution is -2.60. The summed E-state index contributed by atoms with van der Waals surface area (Å²) in [6.07, 6.45) is 0.303. The molecule has 5 N–H and O–H groups in total. The Balaban J connectivity index is 1.06. The summed E-state index contributed by atoms with van der Waals surface area (Å²) in [4.78, 5) is 53.9. The minimum Gasteiger partial charge on any atom is -0.465 e. The van der Waals surface area contributed by atoms with Crippen LogP contribution >= 0.6 is 0 Å². The van der Waals surface area contributed by atoms with E-state index >= 15 is 0 Å². The highest BCUT2D eigenvalue weighted by molar-refractivity contribution is 6.01. The molecule has 2 fully saturated rings. The lowest BCUT2D eigenvalue weighted by molar-refractivity contribution is -0.127. The molecule has 5 aromatic rings. The molecule has 0 radical (unpaired) electrons. The van der Waals surface area contributed by atoms with Crippen molar-refractivity contribution < 1.29 is 29.4 Å². The van der Waals surface area contributed by atoms with Crippen LogP contribution in [0.3, 0.4) is 0 Å². The number of nitrogens with one attached hydrogen (secondary N) is 3. The van der Waals surface area contributed by atoms with Crippen LogP contribution in [-0.4, -0.2) is 78.9 Å². The summed E-state index contributed by atoms with van der Waals surface area (Å²) in [5.74, 6) is -0.955. The number of anilines is 2. The fourth-order valence-corrected chi connectivity index (χ4v) is 7.72. The van der Waals surface area contributed by atoms with Crippen molar-refractivity contribution in [3.8, 4) is 22.5 Å². The Morgan fingerprint density at radius 1 is 0.736 bits per heavy atom. The second-order valence-electron chi connectivity index (χ2n) is 13.6. The quantitative estimate of drug-likeness (QED) is 0.104. The molecular formula is C41H40N6O6. The Bertz CT molecular complexity index is 2090. The molecule has 0 spiro atoms. The van der Waals surface area contributed by atoms with Gasteiger partial charge in [-0.3, -0.25) is 24.5 Å². The molecule has 4 aromatic carbocycles. The second-order valence-corrected chi connectivity index (χ2v) is 13.6. The average Bonchev–Trinajstić information content (AvgIpc) is 3.94. The van der Waals surface area contributed by atoms with Crippen molar-refractivity contribution >= 4 is 35.4 Å². The third-order valence-electron chi connectivity index (χ3n) is 10.4. The number of hydrogen-bond acceptors (Lipinski definition) is 5. The number of benzene rings is 4. The van der Waals surface area contributed by atoms with Crippen molar-refractivity contribution in [2.24, 2.45) is 5.92 Å². The number of nitrogens with zero attached hydrogens (tertiary/aromatic N) is 3. The zero-order valence-corrected chi connectivity index (χ0v) is 28.9. The lowest BCUT2D eigenvalue weighted by atomic mass is 9.75. The van der Waals surface area contributed by atoms with Crippen molar-refractivity contribution in [2.75, 3.05) is 23.7 Å². The predicted octanol–water partition coefficient (Wildman–Crippen LogP) is 6.99. The minimum absolute atomic E-state index is 0.245. The molecule has 3 heterocycles. The van der Waals surface area contributed by atoms with Gasteiger partial charge >= 0.3 is 12.2 Å². The summed E-state index contributed by atoms with van der Waals surface area (Å²) in [6, 6.07) is 35.1. The lowest BCUT2D eigenvalue weighted by Gasteiger charge is -2.40. The first-order valence-corrected chi connectivity index (χ1v) is 17.7. The normalized spacial score (nSPS) is 19.5. The van der Waals surface area contributed by atoms with E-state index in [4.69, 9.17) is 0 Å². The standard InChI is InChI=1S/C41H40N6O6/c48-37(36-12-7-22-46(36)39(50)51)42-32-17-13-29(14-18-32)34-25-35(45-44-34)30-15-19-33(20-16-30)43-38(49)41(26-28-10-5-2-6-11-28)31(21-23-47(41)40(52)53)24-27-8-3-1-4-9-27/h1-6,8-11,13-20,25,31,36H,7,12,21-24,26H2,(H,42,48)(H,43,49)(H,44,45)(H,50,51)(H,52,53)/t31?,36-,41-/m0/s1. The number of aromatic nitrogens is 2. The van der Waals surface area contributed by atoms with Gasteiger partial charge in [-0.25, -0.2) is 9.59 Å². The number of H-pyrrole nitrogens is 1. The van der Waals surface area contributed by atoms with Crippen LogP contribution < -0.4 is 10.6 Å². The molecule has 1 unspecified atom stereocenters. The SMILES string of the molecule is O=C(Nc1ccc(-c2cc(-c3ccc(NC(=O)[C@]4(Cc5ccccc5)C(Cc5ccccc5)CCN4C(=O)O)cc3)n[nH]2)cc1)[C@@H]1CCCN1C(=O)O. The van der Waals surface area contributed by atoms with Crippen LogP contribution in [0.2, 0.25) is 0 Å². The molecule has 2 aliphatic heterocycles. The van der Waals surface area contributed by atoms with Crippen LogP contribution in [0.5, 0.6) is 0 Å². The summed E-state index contributed by atoms with van der Waals surface area (Å²) in [7, 11) is 0. The third-order valence-corrected chi connectivity index (χ3v) is 10.4. The topological polar surface area (TPSA) is 168 Å². The monoisotopic (exact) mass is 712 g/mol. The van der Waals surface area contributed by atoms with Crippen molar-refractivity contribution in [2.45, 2.75) is 43.7 Å². The van der Waals surface area contributed by atoms with Crippen LogP contribution in [0.25, 0.3) is 22.5 Å². The third kappa shape index (κ3) is 7.34. The van der Waals surface area contributed by atoms with Gasteiger partial charge in [-0.15, -0.1) is 0 Å². The van der Waals surface area contributed by atoms with Crippen LogP contribution in [0.4, 0.5) is 21.0 Å². The highest BCUT2D eigenvalue weighted by Gasteiger charge is 2.56. The van der Waals surface area contributed by atoms with E-state index in [0.29, 0.717) is 49.3 Å². The average molecular weight is 713 g/mol. The van der Waals surface area contributed by atoms with Gasteiger partial charge in [0.2, 0.25) is 5.91 Å². The predicted molar refractivity (Wildman–Crippen MR) is 200 cm³/mol. The Kier molecular flexibility index (Phi) is 9.93. The largest absolute Gasteiger partial charge is 0.465 e. The summed E-state index contributed by atoms with van der Waals surface area (Å²) in [5, 5.41) is 33.2. The molecule has 0 bridgehead atoms. The molecule has 2 aliphatic rings. The van der Waals surface area contributed by atoms with Gasteiger partial charge in [0, 0.05) is 36.4 Å². The van der Waals surface area contributed by atoms with Gasteiger partial charge in [-0.05, 0) is 78.6 Å². The maximum Gasteiger partial charge on any atom is 0.408 e. The van der Waals surface area contributed by atoms with E-state index in [-0.39, 0.29) is 30.7 Å². The van der Waals surface area contributed by atoms with Gasteiger partial charge in [-0.1, -0.05) is 84.9 Å². The summed E-state index contributed by atoms with van der Waals surface area (Å²) in [5.41, 5.74) is 4.80. The number of carbonyl (C=O) groups is 4. The Morgan fingerprint density at radius 2 is 1.36 bits per heavy atom. The number of amides is 4. The zero-order chi connectivity index (χ0) is 37.0. The number of hydrogen-bond donors (Lipinski definition) is 5. The summed E-state index contributed by atoms with van der Waals surface area (Å²) in [6.45, 7) is 0.610. The van der Waals surface area contributed by atoms with E-state index in [1.165, 1.54) is 9.80 Å². The first kappa shape index (κ1) is 35.0. The van der Waals surface area contributed by atoms with Crippen molar-refractivity contribution in [1.82, 2.24) is 20.0 Å². The molecule has 0 aliphatic carbocycles. The minimum atomic E-state index is -1.33. The van der Waals surface area contributed by atoms with Gasteiger partial charge < -0.3 is 20.8 Å². The maximum atomic E-state index is 14.5. The number of carboxylic acid groups (broad SMARTS) is 2. The second kappa shape index (κ2) is 15.0. The Labute approximate surface area is 306 Å². The van der Waals surface area contributed by atoms with Crippen LogP contribution in [0, 0.1) is 5.92 Å². The van der Waals surface area contributed by atoms with Gasteiger partial charge in [-0.2, -0.15) is 5.10 Å². The molecule has 270 valence electrons. The number of rotatable bonds is 10. The van der Waals surface area contributed by atoms with Crippen LogP contribution in [0.15, 0.2) is 115 Å². The first-order valence-electron chi connectivity index (χ1n) is 17.7. The van der Waals surface area contributed by atoms with E-state index in [1.54, 1.807) is 24.3 Å². The molecule has 7 rings (SSSR count). The molecule has 1 aromatic heterocycles. The fraction of sp³-hybridized carbons (Fsp3) is 0.244. The highest BCUT2D eigenvalue weighted by atomic mass is 16.4. The van der Waals surface area contributed by atoms with E-state index in [1.807, 2.05) is 91.0 Å². The Hall–Kier alpha value is -6.43. The maximum absolute atomic E-state index is 14.5. The molecule has 12 nitrogen and oxygen atoms in total. The highest BCUT2D eigenvalue weighted by Crippen LogP contribution is 2.41. The molecule has 2 saturated heterocycles. The molecule has 0 saturated carbocycles. The van der Waals surface area contributed by atoms with Crippen LogP contribution in [-0.2, 0) is 22.4 Å². The molecule has 3 atom stereocenters. The van der Waals surface area contributed by atoms with E-state index in [2.05, 4.69) is 20.8 Å². The van der Waals surface area contributed by atoms with Crippen molar-refractivity contribution in [1.29, 1.82) is 0 Å². The number of aromatic amines is 1. The number of likely N-dealkylation sites (tertiary alicyclic amines) is 2. The zero-order valence-electron chi connectivity index (χ0n) is 28.9. The van der Waals surface area contributed by atoms with Gasteiger partial charge in [0.25, 0.3) is 5.91 Å². The molecule has 53 heavy (non-hydrogen) atoms. The van der Waals surface area contributed by atoms with E-state index < -0.39 is 23.8 Å². The summed E-state index contributed by atoms with van der Waals surface area (Å²) < 4.78 is 0. The van der Waals surface area contributed by atoms with E-state index in [9.17, 15) is 29.4 Å². The molecule has 12 heteroatoms. The van der Waals surface area contributed by atoms with Crippen molar-refractivity contribution in [3.05, 3.63) is 126 Å². The first-order chi connectivity index (χ1) is 25.7. The number of carbonyl (C=O) groups excluding carboxylic acids is 2. The van der Waals surface area contributed by atoms with Crippen LogP contribution in [0.1, 0.15) is 30.4 Å². The van der Waals surface area contributed by atoms with Crippen molar-refractivity contribution in [3.63, 3.8) is 0 Å². The summed E-state index contributed by atoms with van der Waals surface area (Å²) >= 11 is 0. The van der Waals surface area contributed by atoms with Gasteiger partial charge in [0.1, 0.15) is 11.6 Å². The van der Waals surface area contributed by atoms with Gasteiger partial charge in [0.05, 0.1) is 11.4 Å². The van der Waals surface area contributed by atoms with Gasteiger partial charge in [0.15, 0.2) is 0 Å². The van der Waals surface area contributed by atoms with E-state index in [0.717, 1.165) is 27.9 Å².